The first-order valence-electron chi connectivity index (χ1n) is 7.74. The molecule has 0 N–H and O–H groups in total. The number of hydrogen-bond acceptors (Lipinski definition) is 2. The number of anilines is 1. The zero-order valence-corrected chi connectivity index (χ0v) is 13.0. The fourth-order valence-electron chi connectivity index (χ4n) is 3.37. The number of benzene rings is 1. The molecule has 3 nitrogen and oxygen atoms in total. The third-order valence-electron chi connectivity index (χ3n) is 4.55. The Kier molecular flexibility index (Phi) is 4.01. The maximum atomic E-state index is 14.7. The minimum absolute atomic E-state index is 0.0157. The van der Waals surface area contributed by atoms with E-state index in [1.54, 1.807) is 17.9 Å². The third kappa shape index (κ3) is 2.65. The van der Waals surface area contributed by atoms with Gasteiger partial charge in [0.2, 0.25) is 5.91 Å². The van der Waals surface area contributed by atoms with Crippen molar-refractivity contribution in [2.75, 3.05) is 18.0 Å². The van der Waals surface area contributed by atoms with Crippen molar-refractivity contribution in [3.63, 3.8) is 0 Å². The molecule has 2 aliphatic rings. The topological polar surface area (TPSA) is 23.6 Å². The van der Waals surface area contributed by atoms with Gasteiger partial charge < -0.3 is 9.80 Å². The van der Waals surface area contributed by atoms with Crippen LogP contribution < -0.4 is 4.90 Å². The number of allylic oxidation sites excluding steroid dienone is 2. The molecule has 0 aliphatic carbocycles. The molecule has 2 unspecified atom stereocenters. The zero-order valence-electron chi connectivity index (χ0n) is 13.0. The van der Waals surface area contributed by atoms with Gasteiger partial charge in [-0.25, -0.2) is 4.39 Å². The molecule has 0 radical (unpaired) electrons. The fourth-order valence-corrected chi connectivity index (χ4v) is 3.37. The first-order valence-corrected chi connectivity index (χ1v) is 7.74. The molecule has 3 rings (SSSR count). The molecule has 2 atom stereocenters. The van der Waals surface area contributed by atoms with Crippen LogP contribution in [0.4, 0.5) is 10.1 Å². The van der Waals surface area contributed by atoms with Crippen molar-refractivity contribution in [3.8, 4) is 0 Å². The summed E-state index contributed by atoms with van der Waals surface area (Å²) in [5, 5.41) is 0. The van der Waals surface area contributed by atoms with Crippen molar-refractivity contribution in [1.29, 1.82) is 0 Å². The van der Waals surface area contributed by atoms with Gasteiger partial charge in [0.25, 0.3) is 0 Å². The van der Waals surface area contributed by atoms with Crippen LogP contribution in [0.2, 0.25) is 0 Å². The second-order valence-corrected chi connectivity index (χ2v) is 6.05. The lowest BCUT2D eigenvalue weighted by Gasteiger charge is -2.28. The highest BCUT2D eigenvalue weighted by Gasteiger charge is 2.35. The molecule has 116 valence electrons. The summed E-state index contributed by atoms with van der Waals surface area (Å²) < 4.78 is 14.7. The highest BCUT2D eigenvalue weighted by atomic mass is 19.1. The summed E-state index contributed by atoms with van der Waals surface area (Å²) >= 11 is 0. The number of carbonyl (C=O) groups is 1. The van der Waals surface area contributed by atoms with E-state index in [4.69, 9.17) is 0 Å². The lowest BCUT2D eigenvalue weighted by Crippen LogP contribution is -2.30. The Morgan fingerprint density at radius 3 is 2.77 bits per heavy atom. The Morgan fingerprint density at radius 2 is 2.14 bits per heavy atom. The van der Waals surface area contributed by atoms with Crippen LogP contribution in [0.5, 0.6) is 0 Å². The molecule has 22 heavy (non-hydrogen) atoms. The van der Waals surface area contributed by atoms with Gasteiger partial charge in [0.1, 0.15) is 5.82 Å². The SMILES string of the molecule is CC(=O)N1CCC(C)C1c1ccc(N2C=CC=CC2)cc1F. The fraction of sp³-hybridized carbons (Fsp3) is 0.389. The summed E-state index contributed by atoms with van der Waals surface area (Å²) in [6.07, 6.45) is 8.81. The van der Waals surface area contributed by atoms with Crippen LogP contribution in [0, 0.1) is 11.7 Å². The molecule has 0 spiro atoms. The molecule has 0 saturated carbocycles. The van der Waals surface area contributed by atoms with Crippen LogP contribution in [-0.2, 0) is 4.79 Å². The van der Waals surface area contributed by atoms with Crippen LogP contribution >= 0.6 is 0 Å². The minimum atomic E-state index is -0.231. The summed E-state index contributed by atoms with van der Waals surface area (Å²) in [5.74, 6) is 0.0643. The van der Waals surface area contributed by atoms with Crippen molar-refractivity contribution in [2.24, 2.45) is 5.92 Å². The number of likely N-dealkylation sites (tertiary alicyclic amines) is 1. The van der Waals surface area contributed by atoms with E-state index in [0.29, 0.717) is 12.1 Å². The largest absolute Gasteiger partial charge is 0.344 e. The molecule has 1 fully saturated rings. The maximum Gasteiger partial charge on any atom is 0.219 e. The van der Waals surface area contributed by atoms with Crippen LogP contribution in [0.3, 0.4) is 0 Å². The number of hydrogen-bond donors (Lipinski definition) is 0. The van der Waals surface area contributed by atoms with Crippen molar-refractivity contribution in [1.82, 2.24) is 4.90 Å². The van der Waals surface area contributed by atoms with Crippen molar-refractivity contribution in [3.05, 3.63) is 54.0 Å². The molecule has 0 aromatic heterocycles. The second kappa shape index (κ2) is 5.95. The van der Waals surface area contributed by atoms with Gasteiger partial charge in [-0.3, -0.25) is 4.79 Å². The monoisotopic (exact) mass is 300 g/mol. The lowest BCUT2D eigenvalue weighted by atomic mass is 9.94. The molecule has 0 bridgehead atoms. The molecule has 1 amide bonds. The Labute approximate surface area is 130 Å². The van der Waals surface area contributed by atoms with Gasteiger partial charge in [0, 0.05) is 37.5 Å². The zero-order chi connectivity index (χ0) is 15.7. The number of halogens is 1. The second-order valence-electron chi connectivity index (χ2n) is 6.05. The standard InChI is InChI=1S/C18H21FN2O/c1-13-8-11-21(14(2)22)18(13)16-7-6-15(12-17(16)19)20-9-4-3-5-10-20/h3-7,9,12-13,18H,8,10-11H2,1-2H3. The van der Waals surface area contributed by atoms with Crippen LogP contribution in [-0.4, -0.2) is 23.9 Å². The smallest absolute Gasteiger partial charge is 0.219 e. The normalized spacial score (nSPS) is 24.1. The summed E-state index contributed by atoms with van der Waals surface area (Å²) in [6, 6.07) is 5.19. The van der Waals surface area contributed by atoms with Crippen LogP contribution in [0.15, 0.2) is 42.6 Å². The molecule has 2 aliphatic heterocycles. The number of amides is 1. The average molecular weight is 300 g/mol. The van der Waals surface area contributed by atoms with Gasteiger partial charge in [-0.15, -0.1) is 0 Å². The number of carbonyl (C=O) groups excluding carboxylic acids is 1. The average Bonchev–Trinajstić information content (AvgIpc) is 2.90. The highest BCUT2D eigenvalue weighted by molar-refractivity contribution is 5.74. The quantitative estimate of drug-likeness (QED) is 0.832. The number of rotatable bonds is 2. The van der Waals surface area contributed by atoms with Gasteiger partial charge >= 0.3 is 0 Å². The van der Waals surface area contributed by atoms with Crippen LogP contribution in [0.1, 0.15) is 31.9 Å². The molecular formula is C18H21FN2O. The van der Waals surface area contributed by atoms with E-state index in [1.165, 1.54) is 0 Å². The molecular weight excluding hydrogens is 279 g/mol. The van der Waals surface area contributed by atoms with Gasteiger partial charge in [0.15, 0.2) is 0 Å². The molecule has 4 heteroatoms. The van der Waals surface area contributed by atoms with Crippen molar-refractivity contribution < 1.29 is 9.18 Å². The molecule has 1 aromatic carbocycles. The van der Waals surface area contributed by atoms with Crippen molar-refractivity contribution >= 4 is 11.6 Å². The first kappa shape index (κ1) is 14.8. The molecule has 2 heterocycles. The van der Waals surface area contributed by atoms with E-state index >= 15 is 0 Å². The third-order valence-corrected chi connectivity index (χ3v) is 4.55. The minimum Gasteiger partial charge on any atom is -0.344 e. The van der Waals surface area contributed by atoms with Gasteiger partial charge in [-0.05, 0) is 30.5 Å². The van der Waals surface area contributed by atoms with E-state index in [0.717, 1.165) is 18.7 Å². The van der Waals surface area contributed by atoms with E-state index < -0.39 is 0 Å². The summed E-state index contributed by atoms with van der Waals surface area (Å²) in [5.41, 5.74) is 1.46. The van der Waals surface area contributed by atoms with Crippen molar-refractivity contribution in [2.45, 2.75) is 26.3 Å². The summed E-state index contributed by atoms with van der Waals surface area (Å²) in [6.45, 7) is 5.10. The molecule has 1 aromatic rings. The Balaban J connectivity index is 1.90. The predicted molar refractivity (Wildman–Crippen MR) is 85.9 cm³/mol. The van der Waals surface area contributed by atoms with E-state index in [-0.39, 0.29) is 23.7 Å². The van der Waals surface area contributed by atoms with E-state index in [9.17, 15) is 9.18 Å². The predicted octanol–water partition coefficient (Wildman–Crippen LogP) is 3.65. The van der Waals surface area contributed by atoms with Gasteiger partial charge in [0.05, 0.1) is 6.04 Å². The van der Waals surface area contributed by atoms with Gasteiger partial charge in [-0.1, -0.05) is 25.1 Å². The van der Waals surface area contributed by atoms with E-state index in [2.05, 4.69) is 6.92 Å². The highest BCUT2D eigenvalue weighted by Crippen LogP contribution is 2.39. The number of nitrogens with zero attached hydrogens (tertiary/aromatic N) is 2. The summed E-state index contributed by atoms with van der Waals surface area (Å²) in [4.78, 5) is 15.6. The van der Waals surface area contributed by atoms with Gasteiger partial charge in [-0.2, -0.15) is 0 Å². The maximum absolute atomic E-state index is 14.7. The lowest BCUT2D eigenvalue weighted by molar-refractivity contribution is -0.130. The first-order chi connectivity index (χ1) is 10.6. The van der Waals surface area contributed by atoms with E-state index in [1.807, 2.05) is 41.5 Å². The van der Waals surface area contributed by atoms with Crippen LogP contribution in [0.25, 0.3) is 0 Å². The Morgan fingerprint density at radius 1 is 1.32 bits per heavy atom. The Hall–Kier alpha value is -2.10. The molecule has 1 saturated heterocycles. The summed E-state index contributed by atoms with van der Waals surface area (Å²) in [7, 11) is 0. The Bertz CT molecular complexity index is 638.